The molecule has 1 heterocycles. The summed E-state index contributed by atoms with van der Waals surface area (Å²) in [6, 6.07) is -0.427. The first-order valence-electron chi connectivity index (χ1n) is 4.88. The zero-order chi connectivity index (χ0) is 11.3. The summed E-state index contributed by atoms with van der Waals surface area (Å²) in [4.78, 5) is 24.6. The molecule has 0 saturated carbocycles. The molecular formula is C10H16N2O3. The van der Waals surface area contributed by atoms with Gasteiger partial charge in [0.1, 0.15) is 0 Å². The third kappa shape index (κ3) is 3.06. The summed E-state index contributed by atoms with van der Waals surface area (Å²) >= 11 is 0. The molecular weight excluding hydrogens is 196 g/mol. The molecule has 1 aliphatic heterocycles. The number of ether oxygens (including phenoxy) is 1. The first-order valence-corrected chi connectivity index (χ1v) is 4.88. The molecule has 1 rings (SSSR count). The van der Waals surface area contributed by atoms with E-state index in [1.807, 2.05) is 4.90 Å². The Morgan fingerprint density at radius 2 is 2.53 bits per heavy atom. The van der Waals surface area contributed by atoms with E-state index in [1.54, 1.807) is 6.08 Å². The van der Waals surface area contributed by atoms with Gasteiger partial charge in [0.15, 0.2) is 0 Å². The van der Waals surface area contributed by atoms with Gasteiger partial charge in [-0.2, -0.15) is 0 Å². The van der Waals surface area contributed by atoms with Crippen LogP contribution in [0.15, 0.2) is 12.7 Å². The number of carbonyl (C=O) groups is 2. The maximum absolute atomic E-state index is 11.5. The van der Waals surface area contributed by atoms with Crippen LogP contribution in [0, 0.1) is 0 Å². The molecule has 0 radical (unpaired) electrons. The quantitative estimate of drug-likeness (QED) is 0.506. The Kier molecular flexibility index (Phi) is 4.30. The molecule has 1 N–H and O–H groups in total. The van der Waals surface area contributed by atoms with Crippen LogP contribution < -0.4 is 5.32 Å². The van der Waals surface area contributed by atoms with Crippen molar-refractivity contribution in [3.8, 4) is 0 Å². The molecule has 0 spiro atoms. The molecule has 5 heteroatoms. The molecule has 1 unspecified atom stereocenters. The predicted octanol–water partition coefficient (Wildman–Crippen LogP) is -0.464. The van der Waals surface area contributed by atoms with Crippen LogP contribution in [0.1, 0.15) is 6.42 Å². The number of nitrogens with one attached hydrogen (secondary N) is 1. The smallest absolute Gasteiger partial charge is 0.307 e. The van der Waals surface area contributed by atoms with E-state index in [2.05, 4.69) is 16.6 Å². The van der Waals surface area contributed by atoms with Crippen LogP contribution in [-0.4, -0.2) is 49.6 Å². The van der Waals surface area contributed by atoms with Gasteiger partial charge in [-0.15, -0.1) is 6.58 Å². The van der Waals surface area contributed by atoms with E-state index < -0.39 is 6.04 Å². The van der Waals surface area contributed by atoms with Gasteiger partial charge in [-0.1, -0.05) is 6.08 Å². The zero-order valence-corrected chi connectivity index (χ0v) is 8.86. The Hall–Kier alpha value is -1.36. The number of hydrogen-bond donors (Lipinski definition) is 1. The van der Waals surface area contributed by atoms with Crippen molar-refractivity contribution in [1.29, 1.82) is 0 Å². The first-order chi connectivity index (χ1) is 7.19. The van der Waals surface area contributed by atoms with Gasteiger partial charge in [0.05, 0.1) is 19.6 Å². The third-order valence-electron chi connectivity index (χ3n) is 2.39. The van der Waals surface area contributed by atoms with Gasteiger partial charge in [-0.05, 0) is 0 Å². The van der Waals surface area contributed by atoms with E-state index in [9.17, 15) is 9.59 Å². The number of amides is 1. The zero-order valence-electron chi connectivity index (χ0n) is 8.86. The van der Waals surface area contributed by atoms with E-state index in [1.165, 1.54) is 7.11 Å². The lowest BCUT2D eigenvalue weighted by Gasteiger charge is -2.33. The minimum absolute atomic E-state index is 0.0934. The number of methoxy groups -OCH3 is 1. The van der Waals surface area contributed by atoms with Crippen LogP contribution in [0.25, 0.3) is 0 Å². The van der Waals surface area contributed by atoms with E-state index >= 15 is 0 Å². The van der Waals surface area contributed by atoms with Gasteiger partial charge in [0.25, 0.3) is 0 Å². The number of nitrogens with zero attached hydrogens (tertiary/aromatic N) is 1. The molecule has 1 saturated heterocycles. The topological polar surface area (TPSA) is 58.6 Å². The lowest BCUT2D eigenvalue weighted by atomic mass is 10.1. The Morgan fingerprint density at radius 3 is 3.13 bits per heavy atom. The summed E-state index contributed by atoms with van der Waals surface area (Å²) in [6.45, 7) is 5.58. The SMILES string of the molecule is C=CCN1CCNC(=O)C1CC(=O)OC. The van der Waals surface area contributed by atoms with Crippen molar-refractivity contribution in [2.75, 3.05) is 26.7 Å². The van der Waals surface area contributed by atoms with Gasteiger partial charge < -0.3 is 10.1 Å². The largest absolute Gasteiger partial charge is 0.469 e. The highest BCUT2D eigenvalue weighted by Crippen LogP contribution is 2.09. The maximum Gasteiger partial charge on any atom is 0.307 e. The van der Waals surface area contributed by atoms with Crippen molar-refractivity contribution in [2.24, 2.45) is 0 Å². The summed E-state index contributed by atoms with van der Waals surface area (Å²) in [5.41, 5.74) is 0. The number of piperazine rings is 1. The van der Waals surface area contributed by atoms with Crippen molar-refractivity contribution < 1.29 is 14.3 Å². The van der Waals surface area contributed by atoms with Crippen LogP contribution in [0.3, 0.4) is 0 Å². The van der Waals surface area contributed by atoms with Gasteiger partial charge in [0, 0.05) is 19.6 Å². The maximum atomic E-state index is 11.5. The fourth-order valence-electron chi connectivity index (χ4n) is 1.61. The average Bonchev–Trinajstić information content (AvgIpc) is 2.23. The Bertz CT molecular complexity index is 265. The molecule has 1 atom stereocenters. The molecule has 0 aliphatic carbocycles. The summed E-state index contributed by atoms with van der Waals surface area (Å²) in [5.74, 6) is -0.486. The molecule has 15 heavy (non-hydrogen) atoms. The summed E-state index contributed by atoms with van der Waals surface area (Å²) in [5, 5.41) is 2.73. The van der Waals surface area contributed by atoms with E-state index in [-0.39, 0.29) is 18.3 Å². The summed E-state index contributed by atoms with van der Waals surface area (Å²) in [7, 11) is 1.32. The van der Waals surface area contributed by atoms with Gasteiger partial charge in [-0.3, -0.25) is 14.5 Å². The molecule has 1 fully saturated rings. The van der Waals surface area contributed by atoms with E-state index in [0.717, 1.165) is 6.54 Å². The van der Waals surface area contributed by atoms with Crippen molar-refractivity contribution >= 4 is 11.9 Å². The van der Waals surface area contributed by atoms with Gasteiger partial charge in [0.2, 0.25) is 5.91 Å². The van der Waals surface area contributed by atoms with Crippen LogP contribution in [0.4, 0.5) is 0 Å². The molecule has 0 aromatic carbocycles. The van der Waals surface area contributed by atoms with Crippen LogP contribution >= 0.6 is 0 Å². The predicted molar refractivity (Wildman–Crippen MR) is 55.2 cm³/mol. The molecule has 0 aromatic rings. The highest BCUT2D eigenvalue weighted by molar-refractivity contribution is 5.87. The van der Waals surface area contributed by atoms with Crippen molar-refractivity contribution in [3.05, 3.63) is 12.7 Å². The molecule has 84 valence electrons. The normalized spacial score (nSPS) is 21.9. The first kappa shape index (κ1) is 11.7. The average molecular weight is 212 g/mol. The minimum atomic E-state index is -0.427. The fraction of sp³-hybridized carbons (Fsp3) is 0.600. The Labute approximate surface area is 89.1 Å². The molecule has 0 bridgehead atoms. The molecule has 1 aliphatic rings. The lowest BCUT2D eigenvalue weighted by molar-refractivity contribution is -0.145. The van der Waals surface area contributed by atoms with Crippen LogP contribution in [0.2, 0.25) is 0 Å². The minimum Gasteiger partial charge on any atom is -0.469 e. The second-order valence-electron chi connectivity index (χ2n) is 3.37. The number of esters is 1. The third-order valence-corrected chi connectivity index (χ3v) is 2.39. The molecule has 5 nitrogen and oxygen atoms in total. The molecule has 1 amide bonds. The second-order valence-corrected chi connectivity index (χ2v) is 3.37. The Balaban J connectivity index is 2.63. The van der Waals surface area contributed by atoms with Crippen LogP contribution in [0.5, 0.6) is 0 Å². The fourth-order valence-corrected chi connectivity index (χ4v) is 1.61. The highest BCUT2D eigenvalue weighted by Gasteiger charge is 2.30. The monoisotopic (exact) mass is 212 g/mol. The van der Waals surface area contributed by atoms with Crippen molar-refractivity contribution in [2.45, 2.75) is 12.5 Å². The number of carbonyl (C=O) groups excluding carboxylic acids is 2. The standard InChI is InChI=1S/C10H16N2O3/c1-3-5-12-6-4-11-10(14)8(12)7-9(13)15-2/h3,8H,1,4-7H2,2H3,(H,11,14). The van der Waals surface area contributed by atoms with Gasteiger partial charge >= 0.3 is 5.97 Å². The van der Waals surface area contributed by atoms with Gasteiger partial charge in [-0.25, -0.2) is 0 Å². The van der Waals surface area contributed by atoms with Crippen molar-refractivity contribution in [1.82, 2.24) is 10.2 Å². The number of rotatable bonds is 4. The highest BCUT2D eigenvalue weighted by atomic mass is 16.5. The lowest BCUT2D eigenvalue weighted by Crippen LogP contribution is -2.55. The molecule has 0 aromatic heterocycles. The Morgan fingerprint density at radius 1 is 1.80 bits per heavy atom. The summed E-state index contributed by atoms with van der Waals surface area (Å²) in [6.07, 6.45) is 1.82. The van der Waals surface area contributed by atoms with Crippen molar-refractivity contribution in [3.63, 3.8) is 0 Å². The summed E-state index contributed by atoms with van der Waals surface area (Å²) < 4.78 is 4.56. The second kappa shape index (κ2) is 5.50. The number of hydrogen-bond acceptors (Lipinski definition) is 4. The van der Waals surface area contributed by atoms with E-state index in [4.69, 9.17) is 0 Å². The van der Waals surface area contributed by atoms with Crippen LogP contribution in [-0.2, 0) is 14.3 Å². The van der Waals surface area contributed by atoms with E-state index in [0.29, 0.717) is 13.1 Å².